The number of nitrogens with one attached hydrogen (secondary N) is 2. The van der Waals surface area contributed by atoms with Gasteiger partial charge in [0, 0.05) is 44.2 Å². The lowest BCUT2D eigenvalue weighted by molar-refractivity contribution is -0.385. The molecule has 0 saturated carbocycles. The fourth-order valence-corrected chi connectivity index (χ4v) is 1.87. The molecular weight excluding hydrogens is 274 g/mol. The molecule has 0 aliphatic heterocycles. The summed E-state index contributed by atoms with van der Waals surface area (Å²) >= 11 is 0. The Labute approximate surface area is 120 Å². The van der Waals surface area contributed by atoms with Crippen molar-refractivity contribution in [3.05, 3.63) is 51.8 Å². The van der Waals surface area contributed by atoms with Gasteiger partial charge in [-0.2, -0.15) is 5.10 Å². The Balaban J connectivity index is 2.19. The van der Waals surface area contributed by atoms with Crippen molar-refractivity contribution in [2.75, 3.05) is 12.4 Å². The van der Waals surface area contributed by atoms with Crippen LogP contribution in [0, 0.1) is 10.1 Å². The third kappa shape index (κ3) is 3.35. The molecule has 2 aromatic rings. The van der Waals surface area contributed by atoms with Crippen LogP contribution >= 0.6 is 0 Å². The van der Waals surface area contributed by atoms with Gasteiger partial charge in [0.2, 0.25) is 0 Å². The second-order valence-electron chi connectivity index (χ2n) is 4.44. The molecule has 21 heavy (non-hydrogen) atoms. The highest BCUT2D eigenvalue weighted by Gasteiger charge is 2.20. The first kappa shape index (κ1) is 14.5. The summed E-state index contributed by atoms with van der Waals surface area (Å²) in [5, 5.41) is 20.5. The summed E-state index contributed by atoms with van der Waals surface area (Å²) in [7, 11) is 3.45. The number of carbonyl (C=O) groups excluding carboxylic acids is 1. The molecule has 0 unspecified atom stereocenters. The van der Waals surface area contributed by atoms with E-state index in [0.717, 1.165) is 5.56 Å². The first-order valence-corrected chi connectivity index (χ1v) is 6.23. The number of amides is 1. The number of anilines is 1. The van der Waals surface area contributed by atoms with Crippen LogP contribution in [0.3, 0.4) is 0 Å². The Morgan fingerprint density at radius 3 is 2.81 bits per heavy atom. The van der Waals surface area contributed by atoms with Gasteiger partial charge in [0.1, 0.15) is 5.56 Å². The first-order chi connectivity index (χ1) is 10.0. The summed E-state index contributed by atoms with van der Waals surface area (Å²) in [6.45, 7) is 0.258. The second-order valence-corrected chi connectivity index (χ2v) is 4.44. The van der Waals surface area contributed by atoms with Gasteiger partial charge in [-0.15, -0.1) is 0 Å². The van der Waals surface area contributed by atoms with Crippen molar-refractivity contribution < 1.29 is 9.72 Å². The van der Waals surface area contributed by atoms with E-state index in [-0.39, 0.29) is 17.8 Å². The van der Waals surface area contributed by atoms with Crippen LogP contribution in [0.5, 0.6) is 0 Å². The van der Waals surface area contributed by atoms with Gasteiger partial charge in [0.25, 0.3) is 11.6 Å². The number of aryl methyl sites for hydroxylation is 1. The zero-order valence-corrected chi connectivity index (χ0v) is 11.7. The van der Waals surface area contributed by atoms with Crippen LogP contribution in [0.2, 0.25) is 0 Å². The van der Waals surface area contributed by atoms with Gasteiger partial charge in [-0.3, -0.25) is 19.6 Å². The average molecular weight is 289 g/mol. The van der Waals surface area contributed by atoms with Crippen LogP contribution in [-0.2, 0) is 13.6 Å². The van der Waals surface area contributed by atoms with E-state index in [2.05, 4.69) is 15.7 Å². The number of hydrogen-bond acceptors (Lipinski definition) is 5. The lowest BCUT2D eigenvalue weighted by atomic mass is 10.1. The predicted octanol–water partition coefficient (Wildman–Crippen LogP) is 1.30. The van der Waals surface area contributed by atoms with E-state index in [1.54, 1.807) is 37.2 Å². The van der Waals surface area contributed by atoms with Crippen LogP contribution in [0.1, 0.15) is 15.9 Å². The van der Waals surface area contributed by atoms with Crippen molar-refractivity contribution in [3.63, 3.8) is 0 Å². The molecule has 1 aromatic heterocycles. The monoisotopic (exact) mass is 289 g/mol. The molecule has 0 aliphatic carbocycles. The molecule has 8 nitrogen and oxygen atoms in total. The Hall–Kier alpha value is -2.90. The molecular formula is C13H15N5O3. The Morgan fingerprint density at radius 2 is 2.24 bits per heavy atom. The molecule has 0 saturated heterocycles. The van der Waals surface area contributed by atoms with Gasteiger partial charge in [-0.25, -0.2) is 0 Å². The van der Waals surface area contributed by atoms with Crippen LogP contribution in [0.25, 0.3) is 0 Å². The minimum atomic E-state index is -0.571. The van der Waals surface area contributed by atoms with E-state index in [9.17, 15) is 14.9 Å². The number of nitrogens with zero attached hydrogens (tertiary/aromatic N) is 3. The molecule has 1 aromatic carbocycles. The maximum Gasteiger partial charge on any atom is 0.282 e. The molecule has 1 amide bonds. The molecule has 110 valence electrons. The molecule has 0 atom stereocenters. The summed E-state index contributed by atoms with van der Waals surface area (Å²) in [6, 6.07) is 4.32. The van der Waals surface area contributed by atoms with Crippen LogP contribution in [0.15, 0.2) is 30.6 Å². The highest BCUT2D eigenvalue weighted by molar-refractivity contribution is 5.99. The van der Waals surface area contributed by atoms with Crippen molar-refractivity contribution >= 4 is 17.3 Å². The topological polar surface area (TPSA) is 102 Å². The van der Waals surface area contributed by atoms with Crippen LogP contribution in [-0.4, -0.2) is 27.7 Å². The van der Waals surface area contributed by atoms with Crippen LogP contribution < -0.4 is 10.6 Å². The highest BCUT2D eigenvalue weighted by atomic mass is 16.6. The van der Waals surface area contributed by atoms with Crippen molar-refractivity contribution in [3.8, 4) is 0 Å². The minimum Gasteiger partial charge on any atom is -0.388 e. The summed E-state index contributed by atoms with van der Waals surface area (Å²) in [6.07, 6.45) is 3.39. The molecule has 8 heteroatoms. The average Bonchev–Trinajstić information content (AvgIpc) is 2.89. The summed E-state index contributed by atoms with van der Waals surface area (Å²) in [4.78, 5) is 22.6. The van der Waals surface area contributed by atoms with Crippen molar-refractivity contribution in [1.82, 2.24) is 15.1 Å². The third-order valence-corrected chi connectivity index (χ3v) is 2.94. The lowest BCUT2D eigenvalue weighted by Crippen LogP contribution is -2.23. The molecule has 0 radical (unpaired) electrons. The number of rotatable bonds is 5. The maximum atomic E-state index is 12.1. The van der Waals surface area contributed by atoms with Crippen molar-refractivity contribution in [1.29, 1.82) is 0 Å². The lowest BCUT2D eigenvalue weighted by Gasteiger charge is -2.07. The SMILES string of the molecule is CNc1ccc([N+](=O)[O-])c(C(=O)NCc2cnn(C)c2)c1. The smallest absolute Gasteiger partial charge is 0.282 e. The van der Waals surface area contributed by atoms with Gasteiger partial charge >= 0.3 is 0 Å². The molecule has 2 rings (SSSR count). The van der Waals surface area contributed by atoms with E-state index in [0.29, 0.717) is 5.69 Å². The zero-order valence-electron chi connectivity index (χ0n) is 11.7. The largest absolute Gasteiger partial charge is 0.388 e. The number of nitro benzene ring substituents is 1. The number of benzene rings is 1. The van der Waals surface area contributed by atoms with Crippen molar-refractivity contribution in [2.45, 2.75) is 6.54 Å². The Kier molecular flexibility index (Phi) is 4.17. The second kappa shape index (κ2) is 6.04. The first-order valence-electron chi connectivity index (χ1n) is 6.23. The van der Waals surface area contributed by atoms with Gasteiger partial charge in [-0.1, -0.05) is 0 Å². The normalized spacial score (nSPS) is 10.2. The van der Waals surface area contributed by atoms with E-state index >= 15 is 0 Å². The molecule has 0 spiro atoms. The predicted molar refractivity (Wildman–Crippen MR) is 77.0 cm³/mol. The fourth-order valence-electron chi connectivity index (χ4n) is 1.87. The molecule has 2 N–H and O–H groups in total. The molecule has 0 fully saturated rings. The van der Waals surface area contributed by atoms with Gasteiger partial charge in [-0.05, 0) is 12.1 Å². The third-order valence-electron chi connectivity index (χ3n) is 2.94. The molecule has 0 bridgehead atoms. The number of carbonyl (C=O) groups is 1. The summed E-state index contributed by atoms with van der Waals surface area (Å²) < 4.78 is 1.62. The number of nitro groups is 1. The van der Waals surface area contributed by atoms with Gasteiger partial charge < -0.3 is 10.6 Å². The maximum absolute atomic E-state index is 12.1. The van der Waals surface area contributed by atoms with Gasteiger partial charge in [0.15, 0.2) is 0 Å². The van der Waals surface area contributed by atoms with Crippen LogP contribution in [0.4, 0.5) is 11.4 Å². The van der Waals surface area contributed by atoms with E-state index in [1.807, 2.05) is 0 Å². The van der Waals surface area contributed by atoms with E-state index in [1.165, 1.54) is 12.1 Å². The molecule has 0 aliphatic rings. The molecule has 1 heterocycles. The summed E-state index contributed by atoms with van der Waals surface area (Å²) in [5.74, 6) is -0.498. The number of aromatic nitrogens is 2. The quantitative estimate of drug-likeness (QED) is 0.638. The Bertz CT molecular complexity index is 680. The van der Waals surface area contributed by atoms with Gasteiger partial charge in [0.05, 0.1) is 11.1 Å². The standard InChI is InChI=1S/C13H15N5O3/c1-14-10-3-4-12(18(20)21)11(5-10)13(19)15-6-9-7-16-17(2)8-9/h3-5,7-8,14H,6H2,1-2H3,(H,15,19). The highest BCUT2D eigenvalue weighted by Crippen LogP contribution is 2.22. The minimum absolute atomic E-state index is 0.0238. The Morgan fingerprint density at radius 1 is 1.48 bits per heavy atom. The van der Waals surface area contributed by atoms with Crippen molar-refractivity contribution in [2.24, 2.45) is 7.05 Å². The fraction of sp³-hybridized carbons (Fsp3) is 0.231. The number of hydrogen-bond donors (Lipinski definition) is 2. The zero-order chi connectivity index (χ0) is 15.4. The summed E-state index contributed by atoms with van der Waals surface area (Å²) in [5.41, 5.74) is 1.25. The van der Waals surface area contributed by atoms with E-state index in [4.69, 9.17) is 0 Å². The van der Waals surface area contributed by atoms with E-state index < -0.39 is 10.8 Å².